The van der Waals surface area contributed by atoms with E-state index in [1.807, 2.05) is 0 Å². The Balaban J connectivity index is 1.37. The molecule has 0 saturated carbocycles. The van der Waals surface area contributed by atoms with Crippen molar-refractivity contribution < 1.29 is 14.1 Å². The van der Waals surface area contributed by atoms with Crippen LogP contribution >= 0.6 is 23.2 Å². The standard InChI is InChI=1S/C21H18Cl2N4O3/c22-14-5-3-13(4-6-14)21-25-19(30-26-21)10-9-18(28)24-17-12-15(7-8-16(17)23)27-11-1-2-20(27)29/h3-8,12H,1-2,9-11H2,(H,24,28). The summed E-state index contributed by atoms with van der Waals surface area (Å²) in [7, 11) is 0. The number of aromatic nitrogens is 2. The lowest BCUT2D eigenvalue weighted by Gasteiger charge is -2.17. The average molecular weight is 445 g/mol. The molecule has 1 aliphatic rings. The minimum absolute atomic E-state index is 0.0717. The number of halogens is 2. The monoisotopic (exact) mass is 444 g/mol. The molecule has 2 heterocycles. The second-order valence-corrected chi connectivity index (χ2v) is 7.72. The normalized spacial score (nSPS) is 13.7. The Morgan fingerprint density at radius 3 is 2.70 bits per heavy atom. The first-order valence-electron chi connectivity index (χ1n) is 9.48. The summed E-state index contributed by atoms with van der Waals surface area (Å²) in [5.74, 6) is 0.626. The maximum absolute atomic E-state index is 12.4. The molecule has 2 amide bonds. The quantitative estimate of drug-likeness (QED) is 0.592. The van der Waals surface area contributed by atoms with Crippen molar-refractivity contribution in [2.45, 2.75) is 25.7 Å². The van der Waals surface area contributed by atoms with Crippen molar-refractivity contribution in [1.82, 2.24) is 10.1 Å². The van der Waals surface area contributed by atoms with Gasteiger partial charge in [0.05, 0.1) is 10.7 Å². The number of carbonyl (C=O) groups is 2. The summed E-state index contributed by atoms with van der Waals surface area (Å²) < 4.78 is 5.23. The molecule has 154 valence electrons. The lowest BCUT2D eigenvalue weighted by atomic mass is 10.2. The van der Waals surface area contributed by atoms with Gasteiger partial charge in [0.15, 0.2) is 0 Å². The van der Waals surface area contributed by atoms with Gasteiger partial charge in [-0.05, 0) is 48.9 Å². The average Bonchev–Trinajstić information content (AvgIpc) is 3.38. The molecule has 7 nitrogen and oxygen atoms in total. The fourth-order valence-corrected chi connectivity index (χ4v) is 3.49. The Labute approximate surface area is 183 Å². The first kappa shape index (κ1) is 20.4. The second kappa shape index (κ2) is 8.85. The molecule has 0 aliphatic carbocycles. The number of nitrogens with zero attached hydrogens (tertiary/aromatic N) is 3. The van der Waals surface area contributed by atoms with Crippen LogP contribution in [-0.2, 0) is 16.0 Å². The summed E-state index contributed by atoms with van der Waals surface area (Å²) in [6.07, 6.45) is 1.79. The van der Waals surface area contributed by atoms with Crippen LogP contribution in [0.1, 0.15) is 25.2 Å². The van der Waals surface area contributed by atoms with Gasteiger partial charge in [-0.1, -0.05) is 28.4 Å². The van der Waals surface area contributed by atoms with Gasteiger partial charge >= 0.3 is 0 Å². The van der Waals surface area contributed by atoms with Gasteiger partial charge < -0.3 is 14.7 Å². The third-order valence-electron chi connectivity index (χ3n) is 4.75. The molecule has 1 fully saturated rings. The zero-order chi connectivity index (χ0) is 21.1. The van der Waals surface area contributed by atoms with E-state index in [-0.39, 0.29) is 24.7 Å². The van der Waals surface area contributed by atoms with Gasteiger partial charge in [-0.15, -0.1) is 0 Å². The number of anilines is 2. The molecule has 1 aromatic heterocycles. The molecule has 0 atom stereocenters. The molecule has 0 bridgehead atoms. The van der Waals surface area contributed by atoms with Gasteiger partial charge in [-0.2, -0.15) is 4.98 Å². The molecule has 3 aromatic rings. The Hall–Kier alpha value is -2.90. The molecule has 1 saturated heterocycles. The lowest BCUT2D eigenvalue weighted by Crippen LogP contribution is -2.23. The minimum Gasteiger partial charge on any atom is -0.339 e. The second-order valence-electron chi connectivity index (χ2n) is 6.88. The molecular formula is C21H18Cl2N4O3. The molecule has 2 aromatic carbocycles. The van der Waals surface area contributed by atoms with Gasteiger partial charge in [-0.3, -0.25) is 9.59 Å². The number of hydrogen-bond acceptors (Lipinski definition) is 5. The van der Waals surface area contributed by atoms with Crippen LogP contribution in [0.3, 0.4) is 0 Å². The molecule has 9 heteroatoms. The van der Waals surface area contributed by atoms with Gasteiger partial charge in [0.2, 0.25) is 23.5 Å². The highest BCUT2D eigenvalue weighted by molar-refractivity contribution is 6.34. The number of rotatable bonds is 6. The number of nitrogens with one attached hydrogen (secondary N) is 1. The highest BCUT2D eigenvalue weighted by Gasteiger charge is 2.22. The topological polar surface area (TPSA) is 88.3 Å². The number of benzene rings is 2. The van der Waals surface area contributed by atoms with Crippen LogP contribution < -0.4 is 10.2 Å². The molecule has 30 heavy (non-hydrogen) atoms. The maximum atomic E-state index is 12.4. The summed E-state index contributed by atoms with van der Waals surface area (Å²) >= 11 is 12.1. The predicted octanol–water partition coefficient (Wildman–Crippen LogP) is 4.74. The third kappa shape index (κ3) is 4.63. The first-order chi connectivity index (χ1) is 14.5. The van der Waals surface area contributed by atoms with Crippen LogP contribution in [0.5, 0.6) is 0 Å². The minimum atomic E-state index is -0.243. The van der Waals surface area contributed by atoms with E-state index in [1.165, 1.54) is 0 Å². The number of aryl methyl sites for hydroxylation is 1. The van der Waals surface area contributed by atoms with E-state index < -0.39 is 0 Å². The van der Waals surface area contributed by atoms with Crippen molar-refractivity contribution in [1.29, 1.82) is 0 Å². The molecule has 1 aliphatic heterocycles. The van der Waals surface area contributed by atoms with E-state index in [0.29, 0.717) is 40.4 Å². The van der Waals surface area contributed by atoms with E-state index in [9.17, 15) is 9.59 Å². The first-order valence-corrected chi connectivity index (χ1v) is 10.2. The molecule has 0 spiro atoms. The summed E-state index contributed by atoms with van der Waals surface area (Å²) in [6.45, 7) is 0.668. The Kier molecular flexibility index (Phi) is 6.01. The molecule has 1 N–H and O–H groups in total. The van der Waals surface area contributed by atoms with Crippen molar-refractivity contribution in [3.8, 4) is 11.4 Å². The van der Waals surface area contributed by atoms with Gasteiger partial charge in [0.1, 0.15) is 0 Å². The molecule has 0 unspecified atom stereocenters. The molecule has 0 radical (unpaired) electrons. The predicted molar refractivity (Wildman–Crippen MR) is 115 cm³/mol. The smallest absolute Gasteiger partial charge is 0.227 e. The molecular weight excluding hydrogens is 427 g/mol. The maximum Gasteiger partial charge on any atom is 0.227 e. The van der Waals surface area contributed by atoms with Crippen molar-refractivity contribution in [2.75, 3.05) is 16.8 Å². The molecule has 4 rings (SSSR count). The summed E-state index contributed by atoms with van der Waals surface area (Å²) in [4.78, 5) is 30.4. The number of carbonyl (C=O) groups excluding carboxylic acids is 2. The van der Waals surface area contributed by atoms with E-state index >= 15 is 0 Å². The summed E-state index contributed by atoms with van der Waals surface area (Å²) in [5.41, 5.74) is 1.96. The van der Waals surface area contributed by atoms with E-state index in [0.717, 1.165) is 17.7 Å². The van der Waals surface area contributed by atoms with Gasteiger partial charge in [0.25, 0.3) is 0 Å². The fourth-order valence-electron chi connectivity index (χ4n) is 3.20. The lowest BCUT2D eigenvalue weighted by molar-refractivity contribution is -0.117. The Bertz CT molecular complexity index is 1080. The van der Waals surface area contributed by atoms with Crippen molar-refractivity contribution in [2.24, 2.45) is 0 Å². The number of hydrogen-bond donors (Lipinski definition) is 1. The fraction of sp³-hybridized carbons (Fsp3) is 0.238. The van der Waals surface area contributed by atoms with Crippen LogP contribution in [0.4, 0.5) is 11.4 Å². The van der Waals surface area contributed by atoms with Crippen LogP contribution in [0.25, 0.3) is 11.4 Å². The largest absolute Gasteiger partial charge is 0.339 e. The summed E-state index contributed by atoms with van der Waals surface area (Å²) in [6, 6.07) is 12.2. The van der Waals surface area contributed by atoms with E-state index in [1.54, 1.807) is 47.4 Å². The third-order valence-corrected chi connectivity index (χ3v) is 5.33. The summed E-state index contributed by atoms with van der Waals surface area (Å²) in [5, 5.41) is 7.75. The van der Waals surface area contributed by atoms with Crippen LogP contribution in [0, 0.1) is 0 Å². The SMILES string of the molecule is O=C(CCc1nc(-c2ccc(Cl)cc2)no1)Nc1cc(N2CCCC2=O)ccc1Cl. The zero-order valence-electron chi connectivity index (χ0n) is 15.9. The highest BCUT2D eigenvalue weighted by atomic mass is 35.5. The Morgan fingerprint density at radius 2 is 1.97 bits per heavy atom. The zero-order valence-corrected chi connectivity index (χ0v) is 17.4. The van der Waals surface area contributed by atoms with Gasteiger partial charge in [0, 0.05) is 42.1 Å². The van der Waals surface area contributed by atoms with Crippen molar-refractivity contribution >= 4 is 46.4 Å². The van der Waals surface area contributed by atoms with E-state index in [4.69, 9.17) is 27.7 Å². The van der Waals surface area contributed by atoms with Crippen molar-refractivity contribution in [3.05, 3.63) is 58.4 Å². The highest BCUT2D eigenvalue weighted by Crippen LogP contribution is 2.30. The van der Waals surface area contributed by atoms with Crippen LogP contribution in [-0.4, -0.2) is 28.5 Å². The van der Waals surface area contributed by atoms with Crippen LogP contribution in [0.2, 0.25) is 10.0 Å². The Morgan fingerprint density at radius 1 is 1.17 bits per heavy atom. The number of amides is 2. The van der Waals surface area contributed by atoms with Crippen molar-refractivity contribution in [3.63, 3.8) is 0 Å². The van der Waals surface area contributed by atoms with Gasteiger partial charge in [-0.25, -0.2) is 0 Å². The van der Waals surface area contributed by atoms with Crippen LogP contribution in [0.15, 0.2) is 47.0 Å². The van der Waals surface area contributed by atoms with E-state index in [2.05, 4.69) is 15.5 Å².